The van der Waals surface area contributed by atoms with Crippen molar-refractivity contribution < 1.29 is 0 Å². The largest absolute Gasteiger partial charge is 0.399 e. The van der Waals surface area contributed by atoms with Crippen LogP contribution in [-0.4, -0.2) is 4.57 Å². The molecule has 18 heavy (non-hydrogen) atoms. The second-order valence-electron chi connectivity index (χ2n) is 4.36. The van der Waals surface area contributed by atoms with E-state index in [4.69, 9.17) is 5.73 Å². The van der Waals surface area contributed by atoms with E-state index >= 15 is 0 Å². The van der Waals surface area contributed by atoms with Crippen LogP contribution in [0.15, 0.2) is 59.2 Å². The van der Waals surface area contributed by atoms with Gasteiger partial charge in [-0.25, -0.2) is 0 Å². The molecule has 0 saturated heterocycles. The lowest BCUT2D eigenvalue weighted by atomic mass is 10.2. The van der Waals surface area contributed by atoms with Gasteiger partial charge in [-0.3, -0.25) is 0 Å². The molecule has 3 rings (SSSR count). The Kier molecular flexibility index (Phi) is 2.84. The summed E-state index contributed by atoms with van der Waals surface area (Å²) in [4.78, 5) is 0. The van der Waals surface area contributed by atoms with Gasteiger partial charge in [0.25, 0.3) is 0 Å². The second-order valence-corrected chi connectivity index (χ2v) is 5.22. The van der Waals surface area contributed by atoms with Crippen molar-refractivity contribution >= 4 is 32.5 Å². The summed E-state index contributed by atoms with van der Waals surface area (Å²) in [7, 11) is 0. The van der Waals surface area contributed by atoms with Gasteiger partial charge in [0, 0.05) is 33.8 Å². The maximum atomic E-state index is 5.81. The lowest BCUT2D eigenvalue weighted by Gasteiger charge is -2.06. The molecular formula is C15H13BrN2. The molecule has 0 amide bonds. The summed E-state index contributed by atoms with van der Waals surface area (Å²) in [6.45, 7) is 0.838. The molecule has 1 heterocycles. The van der Waals surface area contributed by atoms with Gasteiger partial charge < -0.3 is 10.3 Å². The minimum atomic E-state index is 0.810. The third kappa shape index (κ3) is 2.02. The highest BCUT2D eigenvalue weighted by Gasteiger charge is 2.04. The Morgan fingerprint density at radius 1 is 1.06 bits per heavy atom. The molecule has 0 aliphatic carbocycles. The van der Waals surface area contributed by atoms with E-state index in [-0.39, 0.29) is 0 Å². The van der Waals surface area contributed by atoms with Crippen molar-refractivity contribution in [3.8, 4) is 0 Å². The van der Waals surface area contributed by atoms with Crippen molar-refractivity contribution in [1.82, 2.24) is 4.57 Å². The van der Waals surface area contributed by atoms with Crippen molar-refractivity contribution in [3.05, 3.63) is 64.8 Å². The summed E-state index contributed by atoms with van der Waals surface area (Å²) in [5.41, 5.74) is 9.06. The van der Waals surface area contributed by atoms with E-state index in [1.165, 1.54) is 16.5 Å². The fourth-order valence-corrected chi connectivity index (χ4v) is 2.70. The number of aromatic nitrogens is 1. The molecule has 0 bridgehead atoms. The molecule has 0 atom stereocenters. The first-order chi connectivity index (χ1) is 8.74. The van der Waals surface area contributed by atoms with E-state index in [1.54, 1.807) is 0 Å². The summed E-state index contributed by atoms with van der Waals surface area (Å²) in [5.74, 6) is 0. The van der Waals surface area contributed by atoms with Crippen LogP contribution in [0.2, 0.25) is 0 Å². The zero-order valence-electron chi connectivity index (χ0n) is 9.81. The van der Waals surface area contributed by atoms with Crippen molar-refractivity contribution in [3.63, 3.8) is 0 Å². The molecule has 1 aromatic heterocycles. The molecule has 0 radical (unpaired) electrons. The predicted octanol–water partition coefficient (Wildman–Crippen LogP) is 4.03. The van der Waals surface area contributed by atoms with Crippen molar-refractivity contribution in [2.24, 2.45) is 0 Å². The van der Waals surface area contributed by atoms with Crippen LogP contribution in [0.25, 0.3) is 10.9 Å². The van der Waals surface area contributed by atoms with E-state index in [2.05, 4.69) is 57.0 Å². The highest BCUT2D eigenvalue weighted by atomic mass is 79.9. The molecule has 0 saturated carbocycles. The van der Waals surface area contributed by atoms with Crippen LogP contribution in [0.1, 0.15) is 5.56 Å². The summed E-state index contributed by atoms with van der Waals surface area (Å²) < 4.78 is 3.36. The summed E-state index contributed by atoms with van der Waals surface area (Å²) in [6.07, 6.45) is 2.11. The molecule has 0 aliphatic rings. The van der Waals surface area contributed by atoms with E-state index in [0.29, 0.717) is 0 Å². The number of anilines is 1. The van der Waals surface area contributed by atoms with Crippen molar-refractivity contribution in [2.75, 3.05) is 5.73 Å². The Hall–Kier alpha value is -1.74. The number of halogens is 1. The number of hydrogen-bond donors (Lipinski definition) is 1. The third-order valence-electron chi connectivity index (χ3n) is 3.06. The van der Waals surface area contributed by atoms with Crippen LogP contribution >= 0.6 is 15.9 Å². The molecule has 3 heteroatoms. The summed E-state index contributed by atoms with van der Waals surface area (Å²) in [6, 6.07) is 16.4. The summed E-state index contributed by atoms with van der Waals surface area (Å²) >= 11 is 3.57. The van der Waals surface area contributed by atoms with Gasteiger partial charge in [-0.15, -0.1) is 0 Å². The van der Waals surface area contributed by atoms with Crippen LogP contribution in [-0.2, 0) is 6.54 Å². The number of fused-ring (bicyclic) bond motifs is 1. The van der Waals surface area contributed by atoms with Crippen molar-refractivity contribution in [2.45, 2.75) is 6.54 Å². The van der Waals surface area contributed by atoms with Gasteiger partial charge in [0.2, 0.25) is 0 Å². The Balaban J connectivity index is 2.03. The minimum Gasteiger partial charge on any atom is -0.399 e. The second kappa shape index (κ2) is 4.50. The fraction of sp³-hybridized carbons (Fsp3) is 0.0667. The number of nitrogens with zero attached hydrogens (tertiary/aromatic N) is 1. The molecule has 0 unspecified atom stereocenters. The number of nitrogen functional groups attached to an aromatic ring is 1. The molecule has 3 aromatic rings. The van der Waals surface area contributed by atoms with Gasteiger partial charge in [-0.05, 0) is 35.9 Å². The van der Waals surface area contributed by atoms with Crippen LogP contribution in [0.3, 0.4) is 0 Å². The Bertz CT molecular complexity index is 701. The SMILES string of the molecule is Nc1cccc(Cn2ccc3c(Br)cccc32)c1. The number of benzene rings is 2. The maximum Gasteiger partial charge on any atom is 0.0494 e. The zero-order valence-corrected chi connectivity index (χ0v) is 11.4. The first kappa shape index (κ1) is 11.4. The minimum absolute atomic E-state index is 0.810. The normalized spacial score (nSPS) is 10.9. The molecular weight excluding hydrogens is 288 g/mol. The lowest BCUT2D eigenvalue weighted by Crippen LogP contribution is -1.98. The number of hydrogen-bond acceptors (Lipinski definition) is 1. The molecule has 0 spiro atoms. The fourth-order valence-electron chi connectivity index (χ4n) is 2.21. The lowest BCUT2D eigenvalue weighted by molar-refractivity contribution is 0.837. The third-order valence-corrected chi connectivity index (χ3v) is 3.76. The predicted molar refractivity (Wildman–Crippen MR) is 79.6 cm³/mol. The van der Waals surface area contributed by atoms with Gasteiger partial charge in [-0.1, -0.05) is 34.1 Å². The summed E-state index contributed by atoms with van der Waals surface area (Å²) in [5, 5.41) is 1.24. The standard InChI is InChI=1S/C15H13BrN2/c16-14-5-2-6-15-13(14)7-8-18(15)10-11-3-1-4-12(17)9-11/h1-9H,10,17H2. The number of nitrogens with two attached hydrogens (primary N) is 1. The van der Waals surface area contributed by atoms with Crippen LogP contribution in [0.4, 0.5) is 5.69 Å². The first-order valence-electron chi connectivity index (χ1n) is 5.82. The van der Waals surface area contributed by atoms with E-state index < -0.39 is 0 Å². The molecule has 2 nitrogen and oxygen atoms in total. The topological polar surface area (TPSA) is 30.9 Å². The molecule has 0 aliphatic heterocycles. The molecule has 2 aromatic carbocycles. The zero-order chi connectivity index (χ0) is 12.5. The highest BCUT2D eigenvalue weighted by Crippen LogP contribution is 2.25. The van der Waals surface area contributed by atoms with E-state index in [0.717, 1.165) is 16.7 Å². The monoisotopic (exact) mass is 300 g/mol. The number of rotatable bonds is 2. The van der Waals surface area contributed by atoms with E-state index in [9.17, 15) is 0 Å². The quantitative estimate of drug-likeness (QED) is 0.712. The van der Waals surface area contributed by atoms with Gasteiger partial charge in [-0.2, -0.15) is 0 Å². The Labute approximate surface area is 114 Å². The van der Waals surface area contributed by atoms with Crippen LogP contribution < -0.4 is 5.73 Å². The van der Waals surface area contributed by atoms with Gasteiger partial charge >= 0.3 is 0 Å². The Morgan fingerprint density at radius 3 is 2.72 bits per heavy atom. The first-order valence-corrected chi connectivity index (χ1v) is 6.61. The van der Waals surface area contributed by atoms with Crippen LogP contribution in [0, 0.1) is 0 Å². The smallest absolute Gasteiger partial charge is 0.0494 e. The maximum absolute atomic E-state index is 5.81. The highest BCUT2D eigenvalue weighted by molar-refractivity contribution is 9.10. The van der Waals surface area contributed by atoms with Crippen molar-refractivity contribution in [1.29, 1.82) is 0 Å². The molecule has 0 fully saturated rings. The van der Waals surface area contributed by atoms with Gasteiger partial charge in [0.05, 0.1) is 0 Å². The average Bonchev–Trinajstić information content (AvgIpc) is 2.74. The van der Waals surface area contributed by atoms with Crippen LogP contribution in [0.5, 0.6) is 0 Å². The molecule has 2 N–H and O–H groups in total. The molecule has 90 valence electrons. The van der Waals surface area contributed by atoms with Gasteiger partial charge in [0.15, 0.2) is 0 Å². The Morgan fingerprint density at radius 2 is 1.89 bits per heavy atom. The average molecular weight is 301 g/mol. The van der Waals surface area contributed by atoms with E-state index in [1.807, 2.05) is 18.2 Å². The van der Waals surface area contributed by atoms with Gasteiger partial charge in [0.1, 0.15) is 0 Å².